The standard InChI is InChI=1S/C24H34S2/c1-15-11-19(23(5,6)7)12-16(2)21(15)25-26-22-17(3)13-20(14-18(22)4)24(8,9)10/h11-14H,1-10H3. The molecule has 2 heteroatoms. The van der Waals surface area contributed by atoms with E-state index in [1.165, 1.54) is 43.2 Å². The molecule has 0 N–H and O–H groups in total. The first-order chi connectivity index (χ1) is 11.8. The maximum atomic E-state index is 2.36. The highest BCUT2D eigenvalue weighted by atomic mass is 33.1. The molecular formula is C24H34S2. The highest BCUT2D eigenvalue weighted by Crippen LogP contribution is 2.45. The van der Waals surface area contributed by atoms with Crippen molar-refractivity contribution in [3.63, 3.8) is 0 Å². The van der Waals surface area contributed by atoms with Gasteiger partial charge >= 0.3 is 0 Å². The fraction of sp³-hybridized carbons (Fsp3) is 0.500. The third-order valence-electron chi connectivity index (χ3n) is 4.86. The zero-order valence-corrected chi connectivity index (χ0v) is 19.8. The summed E-state index contributed by atoms with van der Waals surface area (Å²) in [7, 11) is 3.81. The molecule has 2 aromatic carbocycles. The quantitative estimate of drug-likeness (QED) is 0.486. The number of aryl methyl sites for hydroxylation is 4. The van der Waals surface area contributed by atoms with Crippen LogP contribution in [0.4, 0.5) is 0 Å². The van der Waals surface area contributed by atoms with Crippen LogP contribution < -0.4 is 0 Å². The van der Waals surface area contributed by atoms with E-state index in [4.69, 9.17) is 0 Å². The molecular weight excluding hydrogens is 352 g/mol. The normalized spacial score (nSPS) is 12.5. The van der Waals surface area contributed by atoms with E-state index in [-0.39, 0.29) is 10.8 Å². The van der Waals surface area contributed by atoms with E-state index < -0.39 is 0 Å². The summed E-state index contributed by atoms with van der Waals surface area (Å²) in [5.41, 5.74) is 8.77. The third kappa shape index (κ3) is 4.89. The van der Waals surface area contributed by atoms with Gasteiger partial charge < -0.3 is 0 Å². The predicted octanol–water partition coefficient (Wildman–Crippen LogP) is 8.31. The lowest BCUT2D eigenvalue weighted by Gasteiger charge is -2.23. The summed E-state index contributed by atoms with van der Waals surface area (Å²) in [6, 6.07) is 9.44. The molecule has 0 amide bonds. The maximum absolute atomic E-state index is 2.36. The van der Waals surface area contributed by atoms with Gasteiger partial charge in [0.15, 0.2) is 0 Å². The van der Waals surface area contributed by atoms with Crippen LogP contribution >= 0.6 is 21.6 Å². The van der Waals surface area contributed by atoms with Crippen LogP contribution in [0.3, 0.4) is 0 Å². The number of rotatable bonds is 3. The van der Waals surface area contributed by atoms with Crippen molar-refractivity contribution in [3.8, 4) is 0 Å². The Hall–Kier alpha value is -0.860. The first-order valence-electron chi connectivity index (χ1n) is 9.38. The second-order valence-corrected chi connectivity index (χ2v) is 11.7. The SMILES string of the molecule is Cc1cc(C(C)(C)C)cc(C)c1SSc1c(C)cc(C(C)(C)C)cc1C. The number of hydrogen-bond donors (Lipinski definition) is 0. The summed E-state index contributed by atoms with van der Waals surface area (Å²) in [4.78, 5) is 2.81. The van der Waals surface area contributed by atoms with E-state index in [1.54, 1.807) is 0 Å². The van der Waals surface area contributed by atoms with Gasteiger partial charge in [-0.05, 0) is 71.9 Å². The van der Waals surface area contributed by atoms with Crippen molar-refractivity contribution >= 4 is 21.6 Å². The van der Waals surface area contributed by atoms with Crippen molar-refractivity contribution in [2.24, 2.45) is 0 Å². The Morgan fingerprint density at radius 2 is 0.731 bits per heavy atom. The maximum Gasteiger partial charge on any atom is 0.0244 e. The summed E-state index contributed by atoms with van der Waals surface area (Å²) in [5, 5.41) is 0. The molecule has 0 aromatic heterocycles. The molecule has 0 nitrogen and oxygen atoms in total. The summed E-state index contributed by atoms with van der Waals surface area (Å²) < 4.78 is 0. The molecule has 2 aromatic rings. The molecule has 0 saturated carbocycles. The lowest BCUT2D eigenvalue weighted by atomic mass is 9.85. The molecule has 0 unspecified atom stereocenters. The molecule has 0 radical (unpaired) electrons. The average molecular weight is 387 g/mol. The highest BCUT2D eigenvalue weighted by Gasteiger charge is 2.19. The molecule has 142 valence electrons. The van der Waals surface area contributed by atoms with Crippen LogP contribution in [0.25, 0.3) is 0 Å². The Morgan fingerprint density at radius 1 is 0.500 bits per heavy atom. The first-order valence-corrected chi connectivity index (χ1v) is 11.5. The van der Waals surface area contributed by atoms with E-state index in [9.17, 15) is 0 Å². The average Bonchev–Trinajstić information content (AvgIpc) is 2.46. The third-order valence-corrected chi connectivity index (χ3v) is 7.82. The Kier molecular flexibility index (Phi) is 6.30. The van der Waals surface area contributed by atoms with Crippen molar-refractivity contribution < 1.29 is 0 Å². The van der Waals surface area contributed by atoms with Gasteiger partial charge in [0.25, 0.3) is 0 Å². The molecule has 0 bridgehead atoms. The Labute approximate surface area is 169 Å². The fourth-order valence-electron chi connectivity index (χ4n) is 3.11. The number of hydrogen-bond acceptors (Lipinski definition) is 2. The highest BCUT2D eigenvalue weighted by molar-refractivity contribution is 8.76. The molecule has 0 heterocycles. The van der Waals surface area contributed by atoms with Crippen molar-refractivity contribution in [1.29, 1.82) is 0 Å². The van der Waals surface area contributed by atoms with Crippen molar-refractivity contribution in [2.45, 2.75) is 89.9 Å². The van der Waals surface area contributed by atoms with E-state index in [2.05, 4.69) is 93.5 Å². The molecule has 0 aliphatic heterocycles. The van der Waals surface area contributed by atoms with Gasteiger partial charge in [-0.3, -0.25) is 0 Å². The molecule has 26 heavy (non-hydrogen) atoms. The minimum Gasteiger partial charge on any atom is -0.0561 e. The monoisotopic (exact) mass is 386 g/mol. The van der Waals surface area contributed by atoms with Gasteiger partial charge in [-0.15, -0.1) is 0 Å². The van der Waals surface area contributed by atoms with E-state index in [0.717, 1.165) is 0 Å². The van der Waals surface area contributed by atoms with Crippen LogP contribution in [0.1, 0.15) is 74.9 Å². The number of benzene rings is 2. The lowest BCUT2D eigenvalue weighted by Crippen LogP contribution is -2.12. The van der Waals surface area contributed by atoms with Crippen LogP contribution in [0, 0.1) is 27.7 Å². The van der Waals surface area contributed by atoms with Gasteiger partial charge in [0.1, 0.15) is 0 Å². The minimum atomic E-state index is 0.196. The van der Waals surface area contributed by atoms with E-state index in [0.29, 0.717) is 0 Å². The minimum absolute atomic E-state index is 0.196. The van der Waals surface area contributed by atoms with Gasteiger partial charge in [-0.2, -0.15) is 0 Å². The summed E-state index contributed by atoms with van der Waals surface area (Å²) in [6.45, 7) is 22.7. The second-order valence-electron chi connectivity index (χ2n) is 9.54. The molecule has 2 rings (SSSR count). The molecule has 0 aliphatic carbocycles. The molecule has 0 spiro atoms. The van der Waals surface area contributed by atoms with Gasteiger partial charge in [0.2, 0.25) is 0 Å². The second kappa shape index (κ2) is 7.64. The summed E-state index contributed by atoms with van der Waals surface area (Å²) in [6.07, 6.45) is 0. The van der Waals surface area contributed by atoms with Crippen LogP contribution in [-0.2, 0) is 10.8 Å². The van der Waals surface area contributed by atoms with E-state index >= 15 is 0 Å². The van der Waals surface area contributed by atoms with E-state index in [1.807, 2.05) is 21.6 Å². The first kappa shape index (κ1) is 21.4. The van der Waals surface area contributed by atoms with Gasteiger partial charge in [0.05, 0.1) is 0 Å². The zero-order chi connectivity index (χ0) is 19.9. The van der Waals surface area contributed by atoms with Crippen LogP contribution in [-0.4, -0.2) is 0 Å². The molecule has 0 fully saturated rings. The van der Waals surface area contributed by atoms with Crippen LogP contribution in [0.2, 0.25) is 0 Å². The molecule has 0 atom stereocenters. The summed E-state index contributed by atoms with van der Waals surface area (Å²) in [5.74, 6) is 0. The largest absolute Gasteiger partial charge is 0.0561 e. The van der Waals surface area contributed by atoms with Gasteiger partial charge in [-0.1, -0.05) is 87.4 Å². The smallest absolute Gasteiger partial charge is 0.0244 e. The molecule has 0 aliphatic rings. The predicted molar refractivity (Wildman–Crippen MR) is 121 cm³/mol. The van der Waals surface area contributed by atoms with Gasteiger partial charge in [-0.25, -0.2) is 0 Å². The van der Waals surface area contributed by atoms with Crippen molar-refractivity contribution in [2.75, 3.05) is 0 Å². The van der Waals surface area contributed by atoms with Crippen molar-refractivity contribution in [1.82, 2.24) is 0 Å². The van der Waals surface area contributed by atoms with Crippen molar-refractivity contribution in [3.05, 3.63) is 57.6 Å². The lowest BCUT2D eigenvalue weighted by molar-refractivity contribution is 0.588. The summed E-state index contributed by atoms with van der Waals surface area (Å²) >= 11 is 0. The van der Waals surface area contributed by atoms with Gasteiger partial charge in [0, 0.05) is 9.79 Å². The topological polar surface area (TPSA) is 0 Å². The molecule has 0 saturated heterocycles. The van der Waals surface area contributed by atoms with Crippen LogP contribution in [0.5, 0.6) is 0 Å². The Balaban J connectivity index is 2.30. The Bertz CT molecular complexity index is 686. The van der Waals surface area contributed by atoms with Crippen LogP contribution in [0.15, 0.2) is 34.1 Å². The fourth-order valence-corrected chi connectivity index (χ4v) is 6.12. The zero-order valence-electron chi connectivity index (χ0n) is 18.1. The Morgan fingerprint density at radius 3 is 0.923 bits per heavy atom.